The average Bonchev–Trinajstić information content (AvgIpc) is 2.26. The van der Waals surface area contributed by atoms with E-state index in [1.54, 1.807) is 6.92 Å². The molecule has 1 rings (SSSR count). The minimum absolute atomic E-state index is 0.336. The molecule has 0 aliphatic heterocycles. The summed E-state index contributed by atoms with van der Waals surface area (Å²) in [6.45, 7) is 4.61. The maximum atomic E-state index is 11.2. The molecule has 0 radical (unpaired) electrons. The first-order valence-electron chi connectivity index (χ1n) is 5.48. The number of hydrogen-bond acceptors (Lipinski definition) is 3. The average molecular weight is 221 g/mol. The number of carbonyl (C=O) groups excluding carboxylic acids is 1. The van der Waals surface area contributed by atoms with E-state index in [0.717, 1.165) is 18.7 Å². The third-order valence-electron chi connectivity index (χ3n) is 2.59. The number of rotatable bonds is 5. The number of carbonyl (C=O) groups is 1. The van der Waals surface area contributed by atoms with Crippen LogP contribution >= 0.6 is 0 Å². The lowest BCUT2D eigenvalue weighted by atomic mass is 10.2. The van der Waals surface area contributed by atoms with E-state index in [0.29, 0.717) is 5.69 Å². The Hall–Kier alpha value is -1.71. The van der Waals surface area contributed by atoms with Crippen LogP contribution in [0.2, 0.25) is 0 Å². The molecule has 0 fully saturated rings. The molecular formula is C12H19N3O. The zero-order valence-corrected chi connectivity index (χ0v) is 9.81. The Morgan fingerprint density at radius 3 is 2.56 bits per heavy atom. The summed E-state index contributed by atoms with van der Waals surface area (Å²) in [6, 6.07) is 7.17. The van der Waals surface area contributed by atoms with Gasteiger partial charge in [-0.1, -0.05) is 19.1 Å². The van der Waals surface area contributed by atoms with Crippen LogP contribution in [0.25, 0.3) is 0 Å². The van der Waals surface area contributed by atoms with Crippen molar-refractivity contribution in [3.63, 3.8) is 0 Å². The zero-order chi connectivity index (χ0) is 12.1. The fourth-order valence-electron chi connectivity index (χ4n) is 1.67. The van der Waals surface area contributed by atoms with Gasteiger partial charge in [-0.3, -0.25) is 4.79 Å². The maximum absolute atomic E-state index is 11.2. The summed E-state index contributed by atoms with van der Waals surface area (Å²) in [5.41, 5.74) is 12.8. The van der Waals surface area contributed by atoms with E-state index in [-0.39, 0.29) is 11.9 Å². The van der Waals surface area contributed by atoms with Crippen LogP contribution in [-0.2, 0) is 4.79 Å². The third kappa shape index (κ3) is 2.66. The van der Waals surface area contributed by atoms with Crippen molar-refractivity contribution in [2.24, 2.45) is 5.73 Å². The fraction of sp³-hybridized carbons (Fsp3) is 0.417. The Morgan fingerprint density at radius 1 is 1.44 bits per heavy atom. The maximum Gasteiger partial charge on any atom is 0.239 e. The van der Waals surface area contributed by atoms with E-state index in [1.165, 1.54) is 0 Å². The first kappa shape index (κ1) is 12.4. The quantitative estimate of drug-likeness (QED) is 0.737. The molecule has 0 aliphatic carbocycles. The fourth-order valence-corrected chi connectivity index (χ4v) is 1.67. The van der Waals surface area contributed by atoms with Crippen molar-refractivity contribution in [1.82, 2.24) is 0 Å². The van der Waals surface area contributed by atoms with Gasteiger partial charge in [-0.05, 0) is 25.5 Å². The van der Waals surface area contributed by atoms with Gasteiger partial charge < -0.3 is 16.4 Å². The standard InChI is InChI=1S/C12H19N3O/c1-3-8-15(9(2)12(14)16)11-7-5-4-6-10(11)13/h4-7,9H,3,8,13H2,1-2H3,(H2,14,16). The molecule has 1 amide bonds. The van der Waals surface area contributed by atoms with Crippen LogP contribution in [0.15, 0.2) is 24.3 Å². The molecule has 0 spiro atoms. The number of hydrogen-bond donors (Lipinski definition) is 2. The lowest BCUT2D eigenvalue weighted by Gasteiger charge is -2.30. The van der Waals surface area contributed by atoms with Crippen molar-refractivity contribution in [2.45, 2.75) is 26.3 Å². The van der Waals surface area contributed by atoms with Gasteiger partial charge in [0.05, 0.1) is 11.4 Å². The molecule has 0 saturated carbocycles. The monoisotopic (exact) mass is 221 g/mol. The van der Waals surface area contributed by atoms with Crippen LogP contribution in [0.4, 0.5) is 11.4 Å². The number of para-hydroxylation sites is 2. The molecule has 1 unspecified atom stereocenters. The Balaban J connectivity index is 3.02. The predicted octanol–water partition coefficient (Wildman–Crippen LogP) is 1.36. The van der Waals surface area contributed by atoms with Crippen LogP contribution < -0.4 is 16.4 Å². The smallest absolute Gasteiger partial charge is 0.239 e. The molecule has 0 aromatic heterocycles. The highest BCUT2D eigenvalue weighted by Gasteiger charge is 2.19. The van der Waals surface area contributed by atoms with Crippen molar-refractivity contribution in [1.29, 1.82) is 0 Å². The number of nitrogens with zero attached hydrogens (tertiary/aromatic N) is 1. The van der Waals surface area contributed by atoms with Crippen LogP contribution in [0, 0.1) is 0 Å². The molecule has 1 atom stereocenters. The minimum atomic E-state index is -0.343. The van der Waals surface area contributed by atoms with Gasteiger partial charge in [-0.25, -0.2) is 0 Å². The molecule has 0 bridgehead atoms. The Kier molecular flexibility index (Phi) is 4.17. The Labute approximate surface area is 96.2 Å². The van der Waals surface area contributed by atoms with Gasteiger partial charge in [0.1, 0.15) is 6.04 Å². The third-order valence-corrected chi connectivity index (χ3v) is 2.59. The van der Waals surface area contributed by atoms with Crippen LogP contribution in [0.5, 0.6) is 0 Å². The molecule has 1 aromatic rings. The van der Waals surface area contributed by atoms with Crippen molar-refractivity contribution in [3.05, 3.63) is 24.3 Å². The number of amides is 1. The highest BCUT2D eigenvalue weighted by Crippen LogP contribution is 2.24. The number of nitrogens with two attached hydrogens (primary N) is 2. The molecule has 0 aliphatic rings. The first-order chi connectivity index (χ1) is 7.57. The van der Waals surface area contributed by atoms with E-state index in [1.807, 2.05) is 29.2 Å². The number of anilines is 2. The Bertz CT molecular complexity index is 365. The molecule has 1 aromatic carbocycles. The normalized spacial score (nSPS) is 12.1. The molecule has 4 heteroatoms. The summed E-state index contributed by atoms with van der Waals surface area (Å²) >= 11 is 0. The van der Waals surface area contributed by atoms with Gasteiger partial charge in [0.2, 0.25) is 5.91 Å². The molecule has 4 N–H and O–H groups in total. The van der Waals surface area contributed by atoms with Gasteiger partial charge in [0.25, 0.3) is 0 Å². The SMILES string of the molecule is CCCN(c1ccccc1N)C(C)C(N)=O. The second kappa shape index (κ2) is 5.39. The van der Waals surface area contributed by atoms with E-state index < -0.39 is 0 Å². The summed E-state index contributed by atoms with van der Waals surface area (Å²) in [5.74, 6) is -0.336. The number of primary amides is 1. The lowest BCUT2D eigenvalue weighted by molar-refractivity contribution is -0.118. The van der Waals surface area contributed by atoms with Gasteiger partial charge in [0.15, 0.2) is 0 Å². The molecule has 4 nitrogen and oxygen atoms in total. The molecule has 88 valence electrons. The first-order valence-corrected chi connectivity index (χ1v) is 5.48. The minimum Gasteiger partial charge on any atom is -0.397 e. The second-order valence-corrected chi connectivity index (χ2v) is 3.83. The summed E-state index contributed by atoms with van der Waals surface area (Å²) in [6.07, 6.45) is 0.936. The van der Waals surface area contributed by atoms with Gasteiger partial charge in [-0.2, -0.15) is 0 Å². The summed E-state index contributed by atoms with van der Waals surface area (Å²) < 4.78 is 0. The van der Waals surface area contributed by atoms with Gasteiger partial charge in [0, 0.05) is 6.54 Å². The largest absolute Gasteiger partial charge is 0.397 e. The highest BCUT2D eigenvalue weighted by atomic mass is 16.1. The predicted molar refractivity (Wildman–Crippen MR) is 67.1 cm³/mol. The summed E-state index contributed by atoms with van der Waals surface area (Å²) in [7, 11) is 0. The van der Waals surface area contributed by atoms with Crippen molar-refractivity contribution in [2.75, 3.05) is 17.2 Å². The van der Waals surface area contributed by atoms with E-state index in [4.69, 9.17) is 11.5 Å². The van der Waals surface area contributed by atoms with E-state index in [2.05, 4.69) is 6.92 Å². The summed E-state index contributed by atoms with van der Waals surface area (Å²) in [4.78, 5) is 13.2. The van der Waals surface area contributed by atoms with Crippen LogP contribution in [-0.4, -0.2) is 18.5 Å². The van der Waals surface area contributed by atoms with Gasteiger partial charge in [-0.15, -0.1) is 0 Å². The van der Waals surface area contributed by atoms with Crippen LogP contribution in [0.3, 0.4) is 0 Å². The molecular weight excluding hydrogens is 202 g/mol. The van der Waals surface area contributed by atoms with Gasteiger partial charge >= 0.3 is 0 Å². The molecule has 16 heavy (non-hydrogen) atoms. The van der Waals surface area contributed by atoms with E-state index >= 15 is 0 Å². The summed E-state index contributed by atoms with van der Waals surface area (Å²) in [5, 5.41) is 0. The van der Waals surface area contributed by atoms with Crippen LogP contribution in [0.1, 0.15) is 20.3 Å². The van der Waals surface area contributed by atoms with E-state index in [9.17, 15) is 4.79 Å². The topological polar surface area (TPSA) is 72.3 Å². The van der Waals surface area contributed by atoms with Crippen molar-refractivity contribution >= 4 is 17.3 Å². The van der Waals surface area contributed by atoms with Crippen molar-refractivity contribution in [3.8, 4) is 0 Å². The number of benzene rings is 1. The number of nitrogen functional groups attached to an aromatic ring is 1. The zero-order valence-electron chi connectivity index (χ0n) is 9.81. The highest BCUT2D eigenvalue weighted by molar-refractivity contribution is 5.84. The molecule has 0 saturated heterocycles. The second-order valence-electron chi connectivity index (χ2n) is 3.83. The van der Waals surface area contributed by atoms with Crippen molar-refractivity contribution < 1.29 is 4.79 Å². The Morgan fingerprint density at radius 2 is 2.06 bits per heavy atom. The molecule has 0 heterocycles. The lowest BCUT2D eigenvalue weighted by Crippen LogP contribution is -2.43.